The predicted octanol–water partition coefficient (Wildman–Crippen LogP) is 8.50. The van der Waals surface area contributed by atoms with Crippen LogP contribution >= 0.6 is 0 Å². The normalized spacial score (nSPS) is 22.6. The van der Waals surface area contributed by atoms with E-state index in [1.165, 1.54) is 70.6 Å². The second kappa shape index (κ2) is 10.9. The average Bonchev–Trinajstić information content (AvgIpc) is 3.27. The summed E-state index contributed by atoms with van der Waals surface area (Å²) in [7, 11) is 0. The van der Waals surface area contributed by atoms with Gasteiger partial charge in [-0.05, 0) is 60.7 Å². The Morgan fingerprint density at radius 1 is 0.792 bits per heavy atom. The van der Waals surface area contributed by atoms with Crippen LogP contribution in [-0.2, 0) is 0 Å². The molecule has 1 fully saturated rings. The zero-order valence-electron chi connectivity index (χ0n) is 18.2. The Bertz CT molecular complexity index is 314. The molecule has 0 saturated heterocycles. The summed E-state index contributed by atoms with van der Waals surface area (Å²) in [6.07, 6.45) is 15.9. The fourth-order valence-electron chi connectivity index (χ4n) is 4.88. The summed E-state index contributed by atoms with van der Waals surface area (Å²) >= 11 is 0. The van der Waals surface area contributed by atoms with Crippen molar-refractivity contribution in [3.05, 3.63) is 0 Å². The van der Waals surface area contributed by atoms with Gasteiger partial charge in [0.25, 0.3) is 0 Å². The molecule has 0 aromatic carbocycles. The molecule has 0 nitrogen and oxygen atoms in total. The Balaban J connectivity index is 2.41. The molecule has 0 bridgehead atoms. The van der Waals surface area contributed by atoms with Crippen molar-refractivity contribution < 1.29 is 0 Å². The molecule has 0 aromatic rings. The first-order chi connectivity index (χ1) is 11.3. The van der Waals surface area contributed by atoms with Crippen molar-refractivity contribution in [3.8, 4) is 0 Å². The van der Waals surface area contributed by atoms with E-state index >= 15 is 0 Å². The Kier molecular flexibility index (Phi) is 9.98. The molecule has 0 radical (unpaired) electrons. The molecule has 1 aliphatic rings. The minimum Gasteiger partial charge on any atom is -0.0654 e. The molecule has 1 aliphatic carbocycles. The van der Waals surface area contributed by atoms with Gasteiger partial charge in [-0.15, -0.1) is 0 Å². The minimum absolute atomic E-state index is 0.736. The van der Waals surface area contributed by atoms with E-state index in [1.807, 2.05) is 0 Å². The molecule has 0 amide bonds. The van der Waals surface area contributed by atoms with Crippen molar-refractivity contribution in [2.45, 2.75) is 119 Å². The maximum atomic E-state index is 2.50. The minimum atomic E-state index is 0.736. The van der Waals surface area contributed by atoms with Gasteiger partial charge in [-0.3, -0.25) is 0 Å². The van der Waals surface area contributed by atoms with E-state index in [2.05, 4.69) is 48.5 Å². The first-order valence-corrected chi connectivity index (χ1v) is 11.3. The molecule has 24 heavy (non-hydrogen) atoms. The van der Waals surface area contributed by atoms with Gasteiger partial charge < -0.3 is 0 Å². The van der Waals surface area contributed by atoms with Crippen molar-refractivity contribution in [2.24, 2.45) is 35.0 Å². The van der Waals surface area contributed by atoms with Crippen LogP contribution in [0.15, 0.2) is 0 Å². The van der Waals surface area contributed by atoms with Crippen LogP contribution in [0.1, 0.15) is 119 Å². The van der Waals surface area contributed by atoms with Gasteiger partial charge in [0.1, 0.15) is 0 Å². The van der Waals surface area contributed by atoms with Gasteiger partial charge in [0, 0.05) is 0 Å². The third-order valence-corrected chi connectivity index (χ3v) is 7.36. The van der Waals surface area contributed by atoms with Gasteiger partial charge in [-0.1, -0.05) is 93.4 Å². The standard InChI is InChI=1S/C24H48/c1-8-12-23(22(10-3)17-21(6)20(5)9-2)14-11-13-19(4)18-24(7)15-16-24/h19-23H,8-18H2,1-7H3. The molecule has 0 spiro atoms. The van der Waals surface area contributed by atoms with Gasteiger partial charge in [-0.25, -0.2) is 0 Å². The van der Waals surface area contributed by atoms with Crippen molar-refractivity contribution >= 4 is 0 Å². The molecule has 144 valence electrons. The van der Waals surface area contributed by atoms with E-state index in [-0.39, 0.29) is 0 Å². The van der Waals surface area contributed by atoms with E-state index in [0.29, 0.717) is 0 Å². The Morgan fingerprint density at radius 2 is 1.46 bits per heavy atom. The van der Waals surface area contributed by atoms with Crippen LogP contribution in [0.25, 0.3) is 0 Å². The van der Waals surface area contributed by atoms with Crippen molar-refractivity contribution in [2.75, 3.05) is 0 Å². The fourth-order valence-corrected chi connectivity index (χ4v) is 4.88. The number of hydrogen-bond acceptors (Lipinski definition) is 0. The molecule has 1 rings (SSSR count). The Morgan fingerprint density at radius 3 is 1.96 bits per heavy atom. The number of rotatable bonds is 14. The highest BCUT2D eigenvalue weighted by Gasteiger charge is 2.37. The molecule has 0 heterocycles. The summed E-state index contributed by atoms with van der Waals surface area (Å²) in [6, 6.07) is 0. The molecule has 5 atom stereocenters. The van der Waals surface area contributed by atoms with Gasteiger partial charge in [0.15, 0.2) is 0 Å². The third-order valence-electron chi connectivity index (χ3n) is 7.36. The zero-order valence-corrected chi connectivity index (χ0v) is 18.2. The lowest BCUT2D eigenvalue weighted by atomic mass is 9.75. The SMILES string of the molecule is CCCC(CCCC(C)CC1(C)CC1)C(CC)CC(C)C(C)CC. The van der Waals surface area contributed by atoms with Gasteiger partial charge >= 0.3 is 0 Å². The molecular weight excluding hydrogens is 288 g/mol. The van der Waals surface area contributed by atoms with Crippen molar-refractivity contribution in [1.29, 1.82) is 0 Å². The smallest absolute Gasteiger partial charge is 0.0323 e. The average molecular weight is 337 g/mol. The molecule has 0 N–H and O–H groups in total. The van der Waals surface area contributed by atoms with Crippen LogP contribution in [0.3, 0.4) is 0 Å². The monoisotopic (exact) mass is 336 g/mol. The van der Waals surface area contributed by atoms with Crippen LogP contribution in [-0.4, -0.2) is 0 Å². The summed E-state index contributed by atoms with van der Waals surface area (Å²) in [6.45, 7) is 17.1. The van der Waals surface area contributed by atoms with Crippen molar-refractivity contribution in [1.82, 2.24) is 0 Å². The quantitative estimate of drug-likeness (QED) is 0.298. The van der Waals surface area contributed by atoms with Crippen LogP contribution in [0.4, 0.5) is 0 Å². The lowest BCUT2D eigenvalue weighted by Gasteiger charge is -2.31. The van der Waals surface area contributed by atoms with Gasteiger partial charge in [0.05, 0.1) is 0 Å². The maximum Gasteiger partial charge on any atom is -0.0323 e. The lowest BCUT2D eigenvalue weighted by Crippen LogP contribution is -2.20. The summed E-state index contributed by atoms with van der Waals surface area (Å²) in [5.41, 5.74) is 0.736. The zero-order chi connectivity index (χ0) is 18.2. The molecule has 5 unspecified atom stereocenters. The first kappa shape index (κ1) is 22.0. The highest BCUT2D eigenvalue weighted by molar-refractivity contribution is 4.89. The second-order valence-corrected chi connectivity index (χ2v) is 9.87. The lowest BCUT2D eigenvalue weighted by molar-refractivity contribution is 0.201. The van der Waals surface area contributed by atoms with Crippen LogP contribution < -0.4 is 0 Å². The largest absolute Gasteiger partial charge is 0.0654 e. The highest BCUT2D eigenvalue weighted by Crippen LogP contribution is 2.50. The third kappa shape index (κ3) is 7.92. The molecular formula is C24H48. The summed E-state index contributed by atoms with van der Waals surface area (Å²) in [5, 5.41) is 0. The highest BCUT2D eigenvalue weighted by atomic mass is 14.4. The van der Waals surface area contributed by atoms with Crippen LogP contribution in [0.5, 0.6) is 0 Å². The van der Waals surface area contributed by atoms with E-state index in [0.717, 1.165) is 35.0 Å². The van der Waals surface area contributed by atoms with Crippen LogP contribution in [0, 0.1) is 35.0 Å². The first-order valence-electron chi connectivity index (χ1n) is 11.3. The number of hydrogen-bond donors (Lipinski definition) is 0. The van der Waals surface area contributed by atoms with E-state index in [1.54, 1.807) is 0 Å². The predicted molar refractivity (Wildman–Crippen MR) is 110 cm³/mol. The second-order valence-electron chi connectivity index (χ2n) is 9.87. The summed E-state index contributed by atoms with van der Waals surface area (Å²) in [4.78, 5) is 0. The van der Waals surface area contributed by atoms with Crippen LogP contribution in [0.2, 0.25) is 0 Å². The summed E-state index contributed by atoms with van der Waals surface area (Å²) in [5.74, 6) is 4.67. The molecule has 0 aliphatic heterocycles. The van der Waals surface area contributed by atoms with E-state index in [9.17, 15) is 0 Å². The Hall–Kier alpha value is 0. The molecule has 0 aromatic heterocycles. The van der Waals surface area contributed by atoms with Crippen molar-refractivity contribution in [3.63, 3.8) is 0 Å². The van der Waals surface area contributed by atoms with Gasteiger partial charge in [-0.2, -0.15) is 0 Å². The van der Waals surface area contributed by atoms with E-state index < -0.39 is 0 Å². The summed E-state index contributed by atoms with van der Waals surface area (Å²) < 4.78 is 0. The Labute approximate surface area is 154 Å². The molecule has 0 heteroatoms. The maximum absolute atomic E-state index is 2.50. The van der Waals surface area contributed by atoms with Gasteiger partial charge in [0.2, 0.25) is 0 Å². The topological polar surface area (TPSA) is 0 Å². The molecule has 1 saturated carbocycles. The fraction of sp³-hybridized carbons (Fsp3) is 1.00. The van der Waals surface area contributed by atoms with E-state index in [4.69, 9.17) is 0 Å².